The molecule has 0 aliphatic rings. The first kappa shape index (κ1) is 12.9. The highest BCUT2D eigenvalue weighted by molar-refractivity contribution is 6.33. The topological polar surface area (TPSA) is 71.2 Å². The lowest BCUT2D eigenvalue weighted by Crippen LogP contribution is -2.01. The number of aryl methyl sites for hydroxylation is 1. The van der Waals surface area contributed by atoms with Gasteiger partial charge < -0.3 is 14.9 Å². The fraction of sp³-hybridized carbons (Fsp3) is 0.333. The highest BCUT2D eigenvalue weighted by atomic mass is 35.5. The van der Waals surface area contributed by atoms with Crippen LogP contribution in [0.4, 0.5) is 5.69 Å². The maximum Gasteiger partial charge on any atom is 0.245 e. The van der Waals surface area contributed by atoms with Gasteiger partial charge in [-0.25, -0.2) is 0 Å². The highest BCUT2D eigenvalue weighted by Crippen LogP contribution is 2.23. The second kappa shape index (κ2) is 5.84. The Hall–Kier alpha value is -1.59. The van der Waals surface area contributed by atoms with E-state index in [2.05, 4.69) is 15.5 Å². The van der Waals surface area contributed by atoms with Crippen LogP contribution in [0.5, 0.6) is 0 Å². The van der Waals surface area contributed by atoms with E-state index in [4.69, 9.17) is 21.2 Å². The Bertz CT molecular complexity index is 528. The second-order valence-corrected chi connectivity index (χ2v) is 4.19. The van der Waals surface area contributed by atoms with E-state index in [9.17, 15) is 0 Å². The van der Waals surface area contributed by atoms with Crippen LogP contribution < -0.4 is 5.32 Å². The summed E-state index contributed by atoms with van der Waals surface area (Å²) < 4.78 is 5.06. The number of aromatic nitrogens is 2. The van der Waals surface area contributed by atoms with Gasteiger partial charge in [0, 0.05) is 6.42 Å². The van der Waals surface area contributed by atoms with E-state index in [-0.39, 0.29) is 6.61 Å². The number of nitrogens with one attached hydrogen (secondary N) is 1. The minimum absolute atomic E-state index is 0.0214. The second-order valence-electron chi connectivity index (χ2n) is 3.78. The number of benzene rings is 1. The third kappa shape index (κ3) is 3.00. The number of hydrogen-bond acceptors (Lipinski definition) is 5. The van der Waals surface area contributed by atoms with Crippen LogP contribution in [-0.2, 0) is 19.6 Å². The predicted octanol–water partition coefficient (Wildman–Crippen LogP) is 2.39. The van der Waals surface area contributed by atoms with Crippen molar-refractivity contribution < 1.29 is 9.63 Å². The zero-order chi connectivity index (χ0) is 13.0. The van der Waals surface area contributed by atoms with Crippen molar-refractivity contribution in [3.63, 3.8) is 0 Å². The quantitative estimate of drug-likeness (QED) is 0.870. The molecule has 96 valence electrons. The van der Waals surface area contributed by atoms with Crippen molar-refractivity contribution in [2.24, 2.45) is 0 Å². The zero-order valence-corrected chi connectivity index (χ0v) is 10.7. The summed E-state index contributed by atoms with van der Waals surface area (Å²) in [4.78, 5) is 4.18. The van der Waals surface area contributed by atoms with Crippen LogP contribution in [0.25, 0.3) is 0 Å². The van der Waals surface area contributed by atoms with E-state index in [0.717, 1.165) is 17.7 Å². The van der Waals surface area contributed by atoms with Crippen molar-refractivity contribution in [3.8, 4) is 0 Å². The number of rotatable bonds is 5. The molecule has 2 rings (SSSR count). The van der Waals surface area contributed by atoms with Crippen LogP contribution in [0.15, 0.2) is 22.7 Å². The van der Waals surface area contributed by atoms with Crippen molar-refractivity contribution in [3.05, 3.63) is 40.5 Å². The van der Waals surface area contributed by atoms with E-state index in [0.29, 0.717) is 23.3 Å². The molecule has 18 heavy (non-hydrogen) atoms. The largest absolute Gasteiger partial charge is 0.392 e. The van der Waals surface area contributed by atoms with Crippen molar-refractivity contribution >= 4 is 17.3 Å². The molecule has 0 saturated carbocycles. The van der Waals surface area contributed by atoms with Crippen LogP contribution in [0.3, 0.4) is 0 Å². The average molecular weight is 268 g/mol. The smallest absolute Gasteiger partial charge is 0.245 e. The van der Waals surface area contributed by atoms with Crippen LogP contribution in [-0.4, -0.2) is 15.2 Å². The van der Waals surface area contributed by atoms with Gasteiger partial charge in [-0.05, 0) is 17.7 Å². The molecular formula is C12H14ClN3O2. The minimum atomic E-state index is -0.0214. The van der Waals surface area contributed by atoms with Gasteiger partial charge in [0.1, 0.15) is 0 Å². The molecule has 0 radical (unpaired) electrons. The number of anilines is 1. The van der Waals surface area contributed by atoms with Gasteiger partial charge in [-0.15, -0.1) is 0 Å². The summed E-state index contributed by atoms with van der Waals surface area (Å²) >= 11 is 6.04. The number of aliphatic hydroxyl groups is 1. The monoisotopic (exact) mass is 267 g/mol. The Morgan fingerprint density at radius 1 is 1.44 bits per heavy atom. The molecule has 0 atom stereocenters. The summed E-state index contributed by atoms with van der Waals surface area (Å²) in [7, 11) is 0. The molecule has 0 aliphatic heterocycles. The molecule has 1 aromatic carbocycles. The molecule has 1 aromatic heterocycles. The molecule has 0 fully saturated rings. The van der Waals surface area contributed by atoms with Crippen LogP contribution in [0, 0.1) is 0 Å². The van der Waals surface area contributed by atoms with Gasteiger partial charge in [0.15, 0.2) is 5.82 Å². The lowest BCUT2D eigenvalue weighted by molar-refractivity contribution is 0.282. The Morgan fingerprint density at radius 3 is 2.94 bits per heavy atom. The molecule has 5 nitrogen and oxygen atoms in total. The highest BCUT2D eigenvalue weighted by Gasteiger charge is 2.06. The third-order valence-electron chi connectivity index (χ3n) is 2.47. The molecule has 0 bridgehead atoms. The molecule has 6 heteroatoms. The molecule has 0 aliphatic carbocycles. The molecule has 0 unspecified atom stereocenters. The molecule has 0 spiro atoms. The van der Waals surface area contributed by atoms with Gasteiger partial charge in [0.2, 0.25) is 5.89 Å². The molecule has 0 amide bonds. The SMILES string of the molecule is CCc1noc(CNc2cc(CO)ccc2Cl)n1. The Morgan fingerprint density at radius 2 is 2.28 bits per heavy atom. The molecule has 0 saturated heterocycles. The van der Waals surface area contributed by atoms with Gasteiger partial charge >= 0.3 is 0 Å². The number of hydrogen-bond donors (Lipinski definition) is 2. The first-order valence-electron chi connectivity index (χ1n) is 5.67. The first-order chi connectivity index (χ1) is 8.72. The Labute approximate surface area is 110 Å². The van der Waals surface area contributed by atoms with E-state index in [1.165, 1.54) is 0 Å². The van der Waals surface area contributed by atoms with Gasteiger partial charge in [0.05, 0.1) is 23.9 Å². The van der Waals surface area contributed by atoms with Gasteiger partial charge in [-0.2, -0.15) is 4.98 Å². The Kier molecular flexibility index (Phi) is 4.17. The maximum atomic E-state index is 9.06. The molecule has 2 N–H and O–H groups in total. The summed E-state index contributed by atoms with van der Waals surface area (Å²) in [6.07, 6.45) is 0.740. The number of aliphatic hydroxyl groups excluding tert-OH is 1. The fourth-order valence-corrected chi connectivity index (χ4v) is 1.67. The number of halogens is 1. The predicted molar refractivity (Wildman–Crippen MR) is 68.4 cm³/mol. The average Bonchev–Trinajstić information content (AvgIpc) is 2.86. The number of nitrogens with zero attached hydrogens (tertiary/aromatic N) is 2. The van der Waals surface area contributed by atoms with Crippen molar-refractivity contribution in [2.45, 2.75) is 26.5 Å². The minimum Gasteiger partial charge on any atom is -0.392 e. The first-order valence-corrected chi connectivity index (χ1v) is 6.05. The van der Waals surface area contributed by atoms with Crippen LogP contribution >= 0.6 is 11.6 Å². The summed E-state index contributed by atoms with van der Waals surface area (Å²) in [6.45, 7) is 2.34. The molecule has 1 heterocycles. The summed E-state index contributed by atoms with van der Waals surface area (Å²) in [5, 5.41) is 16.6. The van der Waals surface area contributed by atoms with E-state index in [1.807, 2.05) is 6.92 Å². The molecular weight excluding hydrogens is 254 g/mol. The van der Waals surface area contributed by atoms with Gasteiger partial charge in [-0.3, -0.25) is 0 Å². The maximum absolute atomic E-state index is 9.06. The third-order valence-corrected chi connectivity index (χ3v) is 2.80. The normalized spacial score (nSPS) is 10.6. The molecule has 2 aromatic rings. The summed E-state index contributed by atoms with van der Waals surface area (Å²) in [6, 6.07) is 5.30. The Balaban J connectivity index is 2.05. The fourth-order valence-electron chi connectivity index (χ4n) is 1.48. The lowest BCUT2D eigenvalue weighted by Gasteiger charge is -2.07. The van der Waals surface area contributed by atoms with Crippen molar-refractivity contribution in [2.75, 3.05) is 5.32 Å². The van der Waals surface area contributed by atoms with E-state index >= 15 is 0 Å². The summed E-state index contributed by atoms with van der Waals surface area (Å²) in [5.74, 6) is 1.19. The van der Waals surface area contributed by atoms with Gasteiger partial charge in [0.25, 0.3) is 0 Å². The van der Waals surface area contributed by atoms with Gasteiger partial charge in [-0.1, -0.05) is 29.7 Å². The van der Waals surface area contributed by atoms with Crippen molar-refractivity contribution in [1.29, 1.82) is 0 Å². The van der Waals surface area contributed by atoms with Crippen molar-refractivity contribution in [1.82, 2.24) is 10.1 Å². The van der Waals surface area contributed by atoms with E-state index < -0.39 is 0 Å². The standard InChI is InChI=1S/C12H14ClN3O2/c1-2-11-15-12(18-16-11)6-14-10-5-8(7-17)3-4-9(10)13/h3-5,14,17H,2,6-7H2,1H3. The zero-order valence-electron chi connectivity index (χ0n) is 9.98. The lowest BCUT2D eigenvalue weighted by atomic mass is 10.2. The van der Waals surface area contributed by atoms with Crippen LogP contribution in [0.2, 0.25) is 5.02 Å². The van der Waals surface area contributed by atoms with E-state index in [1.54, 1.807) is 18.2 Å². The summed E-state index contributed by atoms with van der Waals surface area (Å²) in [5.41, 5.74) is 1.53. The van der Waals surface area contributed by atoms with Crippen LogP contribution in [0.1, 0.15) is 24.2 Å².